The molecular weight excluding hydrogens is 170 g/mol. The summed E-state index contributed by atoms with van der Waals surface area (Å²) in [7, 11) is 4.04. The van der Waals surface area contributed by atoms with Gasteiger partial charge in [0.2, 0.25) is 0 Å². The molecule has 0 unspecified atom stereocenters. The smallest absolute Gasteiger partial charge is 0 e. The van der Waals surface area contributed by atoms with Crippen molar-refractivity contribution in [3.8, 4) is 0 Å². The third-order valence-corrected chi connectivity index (χ3v) is 1.21. The predicted octanol–water partition coefficient (Wildman–Crippen LogP) is 1.76. The van der Waals surface area contributed by atoms with Gasteiger partial charge in [-0.05, 0) is 14.1 Å². The summed E-state index contributed by atoms with van der Waals surface area (Å²) in [6.45, 7) is 2.08. The molecule has 0 radical (unpaired) electrons. The number of hydrogen-bond donors (Lipinski definition) is 0. The Bertz CT molecular complexity index is 184. The minimum atomic E-state index is 0. The van der Waals surface area contributed by atoms with Crippen LogP contribution in [-0.4, -0.2) is 19.0 Å². The molecule has 0 aliphatic heterocycles. The number of nitrogens with zero attached hydrogens (tertiary/aromatic N) is 1. The molecule has 0 heterocycles. The fraction of sp³-hybridized carbons (Fsp3) is 0.222. The van der Waals surface area contributed by atoms with Crippen LogP contribution in [0.1, 0.15) is 5.56 Å². The first-order chi connectivity index (χ1) is 4.79. The van der Waals surface area contributed by atoms with Crippen molar-refractivity contribution < 1.29 is 21.7 Å². The second-order valence-electron chi connectivity index (χ2n) is 2.50. The van der Waals surface area contributed by atoms with Crippen LogP contribution in [0, 0.1) is 6.54 Å². The Morgan fingerprint density at radius 1 is 1.09 bits per heavy atom. The standard InChI is InChI=1S/C9H12N.Ti/c1-10(2)8-9-6-4-3-5-7-9;/h3-8H,1-2H3;/q-1;. The van der Waals surface area contributed by atoms with E-state index in [-0.39, 0.29) is 21.7 Å². The Labute approximate surface area is 83.3 Å². The van der Waals surface area contributed by atoms with Crippen LogP contribution in [0.2, 0.25) is 0 Å². The van der Waals surface area contributed by atoms with E-state index in [1.807, 2.05) is 37.2 Å². The van der Waals surface area contributed by atoms with E-state index < -0.39 is 0 Å². The van der Waals surface area contributed by atoms with Crippen molar-refractivity contribution in [1.82, 2.24) is 4.90 Å². The average molecular weight is 182 g/mol. The number of rotatable bonds is 2. The molecule has 0 bridgehead atoms. The molecule has 0 amide bonds. The van der Waals surface area contributed by atoms with Crippen molar-refractivity contribution in [2.24, 2.45) is 0 Å². The van der Waals surface area contributed by atoms with Gasteiger partial charge in [-0.3, -0.25) is 0 Å². The monoisotopic (exact) mass is 182 g/mol. The largest absolute Gasteiger partial charge is 0.339 e. The second-order valence-corrected chi connectivity index (χ2v) is 2.50. The maximum absolute atomic E-state index is 2.08. The predicted molar refractivity (Wildman–Crippen MR) is 43.5 cm³/mol. The van der Waals surface area contributed by atoms with E-state index >= 15 is 0 Å². The van der Waals surface area contributed by atoms with Crippen molar-refractivity contribution >= 4 is 0 Å². The third-order valence-electron chi connectivity index (χ3n) is 1.21. The van der Waals surface area contributed by atoms with E-state index in [0.29, 0.717) is 0 Å². The minimum absolute atomic E-state index is 0. The molecule has 0 spiro atoms. The quantitative estimate of drug-likeness (QED) is 0.497. The van der Waals surface area contributed by atoms with Crippen LogP contribution in [-0.2, 0) is 21.7 Å². The molecule has 0 saturated carbocycles. The minimum Gasteiger partial charge on any atom is -0.339 e. The first-order valence-electron chi connectivity index (χ1n) is 3.35. The normalized spacial score (nSPS) is 9.00. The summed E-state index contributed by atoms with van der Waals surface area (Å²) in [4.78, 5) is 2.04. The molecule has 1 nitrogen and oxygen atoms in total. The average Bonchev–Trinajstić information content (AvgIpc) is 1.88. The molecule has 0 saturated heterocycles. The summed E-state index contributed by atoms with van der Waals surface area (Å²) in [5, 5.41) is 0. The van der Waals surface area contributed by atoms with Gasteiger partial charge in [0, 0.05) is 21.7 Å². The fourth-order valence-corrected chi connectivity index (χ4v) is 0.837. The summed E-state index contributed by atoms with van der Waals surface area (Å²) in [5.74, 6) is 0. The van der Waals surface area contributed by atoms with Gasteiger partial charge in [-0.2, -0.15) is 17.7 Å². The molecule has 0 aromatic heterocycles. The van der Waals surface area contributed by atoms with Crippen molar-refractivity contribution in [3.63, 3.8) is 0 Å². The Morgan fingerprint density at radius 2 is 1.64 bits per heavy atom. The van der Waals surface area contributed by atoms with Crippen LogP contribution < -0.4 is 0 Å². The zero-order valence-electron chi connectivity index (χ0n) is 6.91. The zero-order valence-corrected chi connectivity index (χ0v) is 8.47. The van der Waals surface area contributed by atoms with Gasteiger partial charge in [0.05, 0.1) is 0 Å². The molecule has 0 aliphatic rings. The van der Waals surface area contributed by atoms with Crippen molar-refractivity contribution in [2.45, 2.75) is 0 Å². The molecule has 0 fully saturated rings. The van der Waals surface area contributed by atoms with E-state index in [0.717, 1.165) is 0 Å². The van der Waals surface area contributed by atoms with Gasteiger partial charge in [-0.15, -0.1) is 18.7 Å². The molecule has 1 aromatic rings. The Kier molecular flexibility index (Phi) is 5.30. The van der Waals surface area contributed by atoms with Gasteiger partial charge in [0.1, 0.15) is 0 Å². The number of benzene rings is 1. The van der Waals surface area contributed by atoms with Crippen LogP contribution in [0.4, 0.5) is 0 Å². The summed E-state index contributed by atoms with van der Waals surface area (Å²) < 4.78 is 0. The zero-order chi connectivity index (χ0) is 7.40. The van der Waals surface area contributed by atoms with Gasteiger partial charge < -0.3 is 4.90 Å². The van der Waals surface area contributed by atoms with Gasteiger partial charge >= 0.3 is 0 Å². The van der Waals surface area contributed by atoms with Crippen LogP contribution in [0.5, 0.6) is 0 Å². The van der Waals surface area contributed by atoms with E-state index in [9.17, 15) is 0 Å². The third kappa shape index (κ3) is 4.25. The molecule has 11 heavy (non-hydrogen) atoms. The summed E-state index contributed by atoms with van der Waals surface area (Å²) in [6.07, 6.45) is 0. The first kappa shape index (κ1) is 10.8. The van der Waals surface area contributed by atoms with Crippen LogP contribution >= 0.6 is 0 Å². The van der Waals surface area contributed by atoms with E-state index in [2.05, 4.69) is 18.7 Å². The Morgan fingerprint density at radius 3 is 2.09 bits per heavy atom. The maximum Gasteiger partial charge on any atom is 0 e. The molecule has 2 heteroatoms. The SMILES string of the molecule is CN(C)[CH-]c1ccccc1.[Ti]. The molecule has 1 rings (SSSR count). The first-order valence-corrected chi connectivity index (χ1v) is 3.35. The van der Waals surface area contributed by atoms with Crippen molar-refractivity contribution in [2.75, 3.05) is 14.1 Å². The summed E-state index contributed by atoms with van der Waals surface area (Å²) in [6, 6.07) is 10.3. The van der Waals surface area contributed by atoms with E-state index in [1.54, 1.807) is 0 Å². The van der Waals surface area contributed by atoms with Gasteiger partial charge in [-0.25, -0.2) is 0 Å². The van der Waals surface area contributed by atoms with Crippen LogP contribution in [0.15, 0.2) is 30.3 Å². The van der Waals surface area contributed by atoms with E-state index in [1.165, 1.54) is 5.56 Å². The summed E-state index contributed by atoms with van der Waals surface area (Å²) >= 11 is 0. The fourth-order valence-electron chi connectivity index (χ4n) is 0.837. The molecule has 0 N–H and O–H groups in total. The van der Waals surface area contributed by atoms with Gasteiger partial charge in [-0.1, -0.05) is 6.07 Å². The topological polar surface area (TPSA) is 3.24 Å². The van der Waals surface area contributed by atoms with E-state index in [4.69, 9.17) is 0 Å². The molecule has 0 atom stereocenters. The summed E-state index contributed by atoms with van der Waals surface area (Å²) in [5.41, 5.74) is 1.24. The molecule has 58 valence electrons. The maximum atomic E-state index is 2.08. The van der Waals surface area contributed by atoms with Crippen LogP contribution in [0.3, 0.4) is 0 Å². The Balaban J connectivity index is 0.000001000. The van der Waals surface area contributed by atoms with Crippen molar-refractivity contribution in [3.05, 3.63) is 42.4 Å². The Hall–Kier alpha value is -0.236. The van der Waals surface area contributed by atoms with Crippen LogP contribution in [0.25, 0.3) is 0 Å². The van der Waals surface area contributed by atoms with Crippen molar-refractivity contribution in [1.29, 1.82) is 0 Å². The number of hydrogen-bond acceptors (Lipinski definition) is 1. The molecule has 0 aliphatic carbocycles. The van der Waals surface area contributed by atoms with Gasteiger partial charge in [0.25, 0.3) is 0 Å². The second kappa shape index (κ2) is 5.42. The molecule has 1 aromatic carbocycles. The molecular formula is C9H12NTi-. The van der Waals surface area contributed by atoms with Gasteiger partial charge in [0.15, 0.2) is 0 Å².